The highest BCUT2D eigenvalue weighted by molar-refractivity contribution is 6.25. The lowest BCUT2D eigenvalue weighted by molar-refractivity contribution is 0.673. The standard InChI is InChI=1S/C44H26O/c1-3-12-30-27(10-1)20-23-33-32(30)18-9-19-35(33)43-38-16-7-5-14-36(38)42(37-15-6-8-17-39(37)43)29-22-24-34-40-25-21-28-11-2-4-13-31(28)44(40)45-41(34)26-29/h1-26H. The van der Waals surface area contributed by atoms with Gasteiger partial charge in [0.2, 0.25) is 0 Å². The Balaban J connectivity index is 1.29. The molecule has 1 nitrogen and oxygen atoms in total. The minimum absolute atomic E-state index is 0.914. The first-order chi connectivity index (χ1) is 22.3. The Morgan fingerprint density at radius 3 is 1.56 bits per heavy atom. The van der Waals surface area contributed by atoms with Gasteiger partial charge in [-0.2, -0.15) is 0 Å². The fourth-order valence-corrected chi connectivity index (χ4v) is 7.65. The van der Waals surface area contributed by atoms with Gasteiger partial charge < -0.3 is 4.42 Å². The van der Waals surface area contributed by atoms with Gasteiger partial charge in [-0.15, -0.1) is 0 Å². The van der Waals surface area contributed by atoms with E-state index < -0.39 is 0 Å². The Hall–Kier alpha value is -5.92. The highest BCUT2D eigenvalue weighted by Crippen LogP contribution is 2.46. The molecule has 0 radical (unpaired) electrons. The van der Waals surface area contributed by atoms with E-state index in [2.05, 4.69) is 158 Å². The summed E-state index contributed by atoms with van der Waals surface area (Å²) < 4.78 is 6.63. The quantitative estimate of drug-likeness (QED) is 0.149. The lowest BCUT2D eigenvalue weighted by Gasteiger charge is -2.19. The summed E-state index contributed by atoms with van der Waals surface area (Å²) in [6, 6.07) is 57.3. The zero-order valence-electron chi connectivity index (χ0n) is 24.4. The number of fused-ring (bicyclic) bond motifs is 10. The summed E-state index contributed by atoms with van der Waals surface area (Å²) in [5.74, 6) is 0. The molecule has 10 rings (SSSR count). The molecule has 0 aliphatic rings. The van der Waals surface area contributed by atoms with Crippen molar-refractivity contribution in [3.8, 4) is 22.3 Å². The molecule has 1 heteroatoms. The van der Waals surface area contributed by atoms with Gasteiger partial charge in [0, 0.05) is 16.2 Å². The van der Waals surface area contributed by atoms with Crippen molar-refractivity contribution in [2.45, 2.75) is 0 Å². The molecule has 0 aliphatic carbocycles. The SMILES string of the molecule is c1ccc2c(c1)ccc1c(-c3c4ccccc4c(-c4ccc5c(c4)oc4c6ccccc6ccc54)c4ccccc34)cccc12. The van der Waals surface area contributed by atoms with E-state index in [1.165, 1.54) is 65.2 Å². The van der Waals surface area contributed by atoms with Gasteiger partial charge >= 0.3 is 0 Å². The van der Waals surface area contributed by atoms with Crippen LogP contribution in [0, 0.1) is 0 Å². The molecule has 0 N–H and O–H groups in total. The van der Waals surface area contributed by atoms with Crippen molar-refractivity contribution in [1.82, 2.24) is 0 Å². The van der Waals surface area contributed by atoms with Crippen molar-refractivity contribution in [3.63, 3.8) is 0 Å². The smallest absolute Gasteiger partial charge is 0.143 e. The van der Waals surface area contributed by atoms with E-state index in [4.69, 9.17) is 4.42 Å². The fraction of sp³-hybridized carbons (Fsp3) is 0. The molecular weight excluding hydrogens is 544 g/mol. The van der Waals surface area contributed by atoms with Crippen LogP contribution in [0.3, 0.4) is 0 Å². The van der Waals surface area contributed by atoms with Crippen molar-refractivity contribution >= 4 is 75.8 Å². The first-order valence-corrected chi connectivity index (χ1v) is 15.5. The van der Waals surface area contributed by atoms with Gasteiger partial charge in [-0.1, -0.05) is 140 Å². The molecule has 0 atom stereocenters. The maximum absolute atomic E-state index is 6.63. The number of furan rings is 1. The van der Waals surface area contributed by atoms with Gasteiger partial charge in [-0.3, -0.25) is 0 Å². The average molecular weight is 571 g/mol. The molecule has 45 heavy (non-hydrogen) atoms. The number of rotatable bonds is 2. The summed E-state index contributed by atoms with van der Waals surface area (Å²) in [5, 5.41) is 14.7. The van der Waals surface area contributed by atoms with Crippen molar-refractivity contribution in [2.24, 2.45) is 0 Å². The van der Waals surface area contributed by atoms with E-state index in [1.54, 1.807) is 0 Å². The maximum Gasteiger partial charge on any atom is 0.143 e. The summed E-state index contributed by atoms with van der Waals surface area (Å²) >= 11 is 0. The highest BCUT2D eigenvalue weighted by atomic mass is 16.3. The molecule has 0 amide bonds. The summed E-state index contributed by atoms with van der Waals surface area (Å²) in [7, 11) is 0. The van der Waals surface area contributed by atoms with Gasteiger partial charge in [0.05, 0.1) is 0 Å². The van der Waals surface area contributed by atoms with Crippen LogP contribution in [-0.2, 0) is 0 Å². The van der Waals surface area contributed by atoms with E-state index in [1.807, 2.05) is 0 Å². The first kappa shape index (κ1) is 24.5. The zero-order chi connectivity index (χ0) is 29.5. The number of hydrogen-bond acceptors (Lipinski definition) is 1. The molecule has 1 aromatic heterocycles. The molecular formula is C44H26O. The second kappa shape index (κ2) is 9.29. The monoisotopic (exact) mass is 570 g/mol. The Bertz CT molecular complexity index is 2760. The van der Waals surface area contributed by atoms with Gasteiger partial charge in [0.15, 0.2) is 0 Å². The minimum Gasteiger partial charge on any atom is -0.455 e. The molecule has 208 valence electrons. The van der Waals surface area contributed by atoms with E-state index >= 15 is 0 Å². The molecule has 0 saturated heterocycles. The van der Waals surface area contributed by atoms with Crippen LogP contribution >= 0.6 is 0 Å². The van der Waals surface area contributed by atoms with Gasteiger partial charge in [-0.25, -0.2) is 0 Å². The zero-order valence-corrected chi connectivity index (χ0v) is 24.4. The highest BCUT2D eigenvalue weighted by Gasteiger charge is 2.19. The maximum atomic E-state index is 6.63. The van der Waals surface area contributed by atoms with Crippen LogP contribution in [0.1, 0.15) is 0 Å². The summed E-state index contributed by atoms with van der Waals surface area (Å²) in [6.45, 7) is 0. The molecule has 1 heterocycles. The predicted molar refractivity (Wildman–Crippen MR) is 192 cm³/mol. The second-order valence-corrected chi connectivity index (χ2v) is 12.0. The fourth-order valence-electron chi connectivity index (χ4n) is 7.65. The van der Waals surface area contributed by atoms with Crippen LogP contribution in [0.15, 0.2) is 162 Å². The largest absolute Gasteiger partial charge is 0.455 e. The van der Waals surface area contributed by atoms with Gasteiger partial charge in [-0.05, 0) is 88.9 Å². The topological polar surface area (TPSA) is 13.1 Å². The van der Waals surface area contributed by atoms with Crippen LogP contribution in [0.4, 0.5) is 0 Å². The molecule has 9 aromatic carbocycles. The van der Waals surface area contributed by atoms with E-state index in [-0.39, 0.29) is 0 Å². The molecule has 0 fully saturated rings. The number of hydrogen-bond donors (Lipinski definition) is 0. The van der Waals surface area contributed by atoms with Gasteiger partial charge in [0.1, 0.15) is 11.2 Å². The Morgan fingerprint density at radius 2 is 0.844 bits per heavy atom. The molecule has 0 bridgehead atoms. The molecule has 0 aliphatic heterocycles. The third kappa shape index (κ3) is 3.50. The van der Waals surface area contributed by atoms with Crippen molar-refractivity contribution < 1.29 is 4.42 Å². The van der Waals surface area contributed by atoms with Crippen LogP contribution in [0.5, 0.6) is 0 Å². The Kier molecular flexibility index (Phi) is 5.06. The van der Waals surface area contributed by atoms with E-state index in [0.717, 1.165) is 32.9 Å². The van der Waals surface area contributed by atoms with E-state index in [9.17, 15) is 0 Å². The van der Waals surface area contributed by atoms with Gasteiger partial charge in [0.25, 0.3) is 0 Å². The van der Waals surface area contributed by atoms with E-state index in [0.29, 0.717) is 0 Å². The van der Waals surface area contributed by atoms with Crippen molar-refractivity contribution in [3.05, 3.63) is 158 Å². The average Bonchev–Trinajstić information content (AvgIpc) is 3.49. The Labute approximate surface area is 259 Å². The van der Waals surface area contributed by atoms with Crippen LogP contribution in [0.2, 0.25) is 0 Å². The lowest BCUT2D eigenvalue weighted by atomic mass is 9.84. The third-order valence-electron chi connectivity index (χ3n) is 9.64. The third-order valence-corrected chi connectivity index (χ3v) is 9.64. The second-order valence-electron chi connectivity index (χ2n) is 12.0. The van der Waals surface area contributed by atoms with Crippen LogP contribution in [-0.4, -0.2) is 0 Å². The Morgan fingerprint density at radius 1 is 0.311 bits per heavy atom. The number of benzene rings is 9. The summed E-state index contributed by atoms with van der Waals surface area (Å²) in [5.41, 5.74) is 6.81. The predicted octanol–water partition coefficient (Wildman–Crippen LogP) is 12.7. The summed E-state index contributed by atoms with van der Waals surface area (Å²) in [4.78, 5) is 0. The lowest BCUT2D eigenvalue weighted by Crippen LogP contribution is -1.91. The van der Waals surface area contributed by atoms with Crippen molar-refractivity contribution in [1.29, 1.82) is 0 Å². The van der Waals surface area contributed by atoms with Crippen LogP contribution < -0.4 is 0 Å². The molecule has 0 saturated carbocycles. The first-order valence-electron chi connectivity index (χ1n) is 15.5. The normalized spacial score (nSPS) is 12.0. The molecule has 10 aromatic rings. The van der Waals surface area contributed by atoms with Crippen molar-refractivity contribution in [2.75, 3.05) is 0 Å². The van der Waals surface area contributed by atoms with Crippen LogP contribution in [0.25, 0.3) is 98.1 Å². The summed E-state index contributed by atoms with van der Waals surface area (Å²) in [6.07, 6.45) is 0. The molecule has 0 spiro atoms. The molecule has 0 unspecified atom stereocenters. The minimum atomic E-state index is 0.914.